The fourth-order valence-electron chi connectivity index (χ4n) is 0.868. The van der Waals surface area contributed by atoms with Crippen LogP contribution in [0, 0.1) is 0 Å². The van der Waals surface area contributed by atoms with Crippen molar-refractivity contribution in [3.8, 4) is 0 Å². The molecule has 0 fully saturated rings. The second-order valence-corrected chi connectivity index (χ2v) is 3.31. The molecule has 1 rings (SSSR count). The van der Waals surface area contributed by atoms with E-state index in [0.717, 1.165) is 13.0 Å². The maximum Gasteiger partial charge on any atom is 0.0765 e. The van der Waals surface area contributed by atoms with Gasteiger partial charge in [-0.1, -0.05) is 15.9 Å². The predicted molar refractivity (Wildman–Crippen MR) is 41.7 cm³/mol. The van der Waals surface area contributed by atoms with Crippen LogP contribution in [0.1, 0.15) is 20.3 Å². The zero-order valence-electron chi connectivity index (χ0n) is 5.78. The molecule has 1 aliphatic heterocycles. The van der Waals surface area contributed by atoms with Crippen molar-refractivity contribution in [3.05, 3.63) is 10.1 Å². The summed E-state index contributed by atoms with van der Waals surface area (Å²) in [7, 11) is 0. The van der Waals surface area contributed by atoms with E-state index < -0.39 is 0 Å². The standard InChI is InChI=1S/C7H11BrO/c1-5-6(2)9-4-3-7(5)8/h6H,3-4H2,1-2H3. The van der Waals surface area contributed by atoms with Crippen LogP contribution in [0.3, 0.4) is 0 Å². The molecule has 0 aliphatic carbocycles. The Morgan fingerprint density at radius 2 is 2.33 bits per heavy atom. The van der Waals surface area contributed by atoms with Crippen LogP contribution in [0.4, 0.5) is 0 Å². The summed E-state index contributed by atoms with van der Waals surface area (Å²) in [5.41, 5.74) is 1.33. The Hall–Kier alpha value is 0.180. The molecule has 0 aromatic heterocycles. The minimum Gasteiger partial charge on any atom is -0.374 e. The predicted octanol–water partition coefficient (Wildman–Crippen LogP) is 2.46. The van der Waals surface area contributed by atoms with E-state index >= 15 is 0 Å². The van der Waals surface area contributed by atoms with Gasteiger partial charge in [-0.25, -0.2) is 0 Å². The lowest BCUT2D eigenvalue weighted by Gasteiger charge is -2.20. The van der Waals surface area contributed by atoms with Gasteiger partial charge in [0.25, 0.3) is 0 Å². The highest BCUT2D eigenvalue weighted by atomic mass is 79.9. The lowest BCUT2D eigenvalue weighted by atomic mass is 10.1. The third kappa shape index (κ3) is 1.55. The quantitative estimate of drug-likeness (QED) is 0.571. The first-order chi connectivity index (χ1) is 4.22. The first-order valence-corrected chi connectivity index (χ1v) is 3.98. The molecule has 1 nitrogen and oxygen atoms in total. The van der Waals surface area contributed by atoms with Crippen LogP contribution in [-0.4, -0.2) is 12.7 Å². The zero-order valence-corrected chi connectivity index (χ0v) is 7.36. The molecule has 0 aromatic rings. The molecule has 1 aliphatic rings. The SMILES string of the molecule is CC1=C(Br)CCOC1C. The van der Waals surface area contributed by atoms with Crippen LogP contribution < -0.4 is 0 Å². The number of hydrogen-bond donors (Lipinski definition) is 0. The molecule has 0 amide bonds. The number of hydrogen-bond acceptors (Lipinski definition) is 1. The van der Waals surface area contributed by atoms with Crippen molar-refractivity contribution < 1.29 is 4.74 Å². The summed E-state index contributed by atoms with van der Waals surface area (Å²) >= 11 is 3.49. The summed E-state index contributed by atoms with van der Waals surface area (Å²) in [6, 6.07) is 0. The van der Waals surface area contributed by atoms with E-state index in [1.807, 2.05) is 0 Å². The zero-order chi connectivity index (χ0) is 6.85. The van der Waals surface area contributed by atoms with Crippen molar-refractivity contribution in [2.45, 2.75) is 26.4 Å². The summed E-state index contributed by atoms with van der Waals surface area (Å²) in [6.45, 7) is 5.04. The average molecular weight is 191 g/mol. The highest BCUT2D eigenvalue weighted by Crippen LogP contribution is 2.24. The molecule has 0 N–H and O–H groups in total. The average Bonchev–Trinajstić information content (AvgIpc) is 1.83. The van der Waals surface area contributed by atoms with E-state index in [9.17, 15) is 0 Å². The topological polar surface area (TPSA) is 9.23 Å². The smallest absolute Gasteiger partial charge is 0.0765 e. The Morgan fingerprint density at radius 1 is 1.67 bits per heavy atom. The molecule has 1 atom stereocenters. The van der Waals surface area contributed by atoms with E-state index in [1.54, 1.807) is 0 Å². The monoisotopic (exact) mass is 190 g/mol. The first kappa shape index (κ1) is 7.29. The van der Waals surface area contributed by atoms with Gasteiger partial charge in [0, 0.05) is 6.42 Å². The molecule has 0 saturated carbocycles. The van der Waals surface area contributed by atoms with Gasteiger partial charge in [0.05, 0.1) is 12.7 Å². The van der Waals surface area contributed by atoms with Crippen LogP contribution in [-0.2, 0) is 4.74 Å². The summed E-state index contributed by atoms with van der Waals surface area (Å²) in [5, 5.41) is 0. The second-order valence-electron chi connectivity index (χ2n) is 2.35. The first-order valence-electron chi connectivity index (χ1n) is 3.18. The molecule has 9 heavy (non-hydrogen) atoms. The fourth-order valence-corrected chi connectivity index (χ4v) is 1.35. The Morgan fingerprint density at radius 3 is 2.78 bits per heavy atom. The van der Waals surface area contributed by atoms with Crippen molar-refractivity contribution >= 4 is 15.9 Å². The number of halogens is 1. The van der Waals surface area contributed by atoms with E-state index in [0.29, 0.717) is 6.10 Å². The lowest BCUT2D eigenvalue weighted by molar-refractivity contribution is 0.0826. The number of ether oxygens (including phenoxy) is 1. The molecule has 0 aromatic carbocycles. The van der Waals surface area contributed by atoms with E-state index in [2.05, 4.69) is 29.8 Å². The lowest BCUT2D eigenvalue weighted by Crippen LogP contribution is -2.16. The van der Waals surface area contributed by atoms with E-state index in [1.165, 1.54) is 10.1 Å². The molecule has 2 heteroatoms. The summed E-state index contributed by atoms with van der Waals surface area (Å²) in [4.78, 5) is 0. The second kappa shape index (κ2) is 2.84. The number of rotatable bonds is 0. The van der Waals surface area contributed by atoms with Crippen molar-refractivity contribution in [1.82, 2.24) is 0 Å². The Kier molecular flexibility index (Phi) is 2.30. The van der Waals surface area contributed by atoms with Crippen molar-refractivity contribution in [2.75, 3.05) is 6.61 Å². The minimum atomic E-state index is 0.313. The highest BCUT2D eigenvalue weighted by Gasteiger charge is 2.13. The fraction of sp³-hybridized carbons (Fsp3) is 0.714. The Bertz CT molecular complexity index is 140. The Balaban J connectivity index is 2.72. The molecular formula is C7H11BrO. The van der Waals surface area contributed by atoms with Crippen LogP contribution >= 0.6 is 15.9 Å². The molecule has 0 saturated heterocycles. The maximum atomic E-state index is 5.37. The van der Waals surface area contributed by atoms with Crippen molar-refractivity contribution in [2.24, 2.45) is 0 Å². The van der Waals surface area contributed by atoms with E-state index in [4.69, 9.17) is 4.74 Å². The van der Waals surface area contributed by atoms with Crippen molar-refractivity contribution in [1.29, 1.82) is 0 Å². The summed E-state index contributed by atoms with van der Waals surface area (Å²) in [6.07, 6.45) is 1.35. The molecule has 1 heterocycles. The minimum absolute atomic E-state index is 0.313. The van der Waals surface area contributed by atoms with Gasteiger partial charge in [-0.2, -0.15) is 0 Å². The van der Waals surface area contributed by atoms with Crippen LogP contribution in [0.15, 0.2) is 10.1 Å². The third-order valence-electron chi connectivity index (χ3n) is 1.73. The maximum absolute atomic E-state index is 5.37. The summed E-state index contributed by atoms with van der Waals surface area (Å²) < 4.78 is 6.69. The molecule has 1 unspecified atom stereocenters. The van der Waals surface area contributed by atoms with Gasteiger partial charge in [-0.15, -0.1) is 0 Å². The van der Waals surface area contributed by atoms with Gasteiger partial charge in [0.2, 0.25) is 0 Å². The highest BCUT2D eigenvalue weighted by molar-refractivity contribution is 9.11. The normalized spacial score (nSPS) is 29.0. The van der Waals surface area contributed by atoms with Crippen LogP contribution in [0.25, 0.3) is 0 Å². The third-order valence-corrected chi connectivity index (χ3v) is 2.75. The molecule has 0 bridgehead atoms. The van der Waals surface area contributed by atoms with Gasteiger partial charge in [-0.3, -0.25) is 0 Å². The Labute approximate surface area is 64.2 Å². The van der Waals surface area contributed by atoms with Gasteiger partial charge in [-0.05, 0) is 23.9 Å². The molecule has 0 radical (unpaired) electrons. The van der Waals surface area contributed by atoms with Gasteiger partial charge in [0.15, 0.2) is 0 Å². The van der Waals surface area contributed by atoms with E-state index in [-0.39, 0.29) is 0 Å². The van der Waals surface area contributed by atoms with Crippen LogP contribution in [0.5, 0.6) is 0 Å². The molecule has 52 valence electrons. The summed E-state index contributed by atoms with van der Waals surface area (Å²) in [5.74, 6) is 0. The van der Waals surface area contributed by atoms with Crippen molar-refractivity contribution in [3.63, 3.8) is 0 Å². The van der Waals surface area contributed by atoms with Gasteiger partial charge >= 0.3 is 0 Å². The largest absolute Gasteiger partial charge is 0.374 e. The van der Waals surface area contributed by atoms with Gasteiger partial charge in [0.1, 0.15) is 0 Å². The van der Waals surface area contributed by atoms with Gasteiger partial charge < -0.3 is 4.74 Å². The molecular weight excluding hydrogens is 180 g/mol. The molecule has 0 spiro atoms. The van der Waals surface area contributed by atoms with Crippen LogP contribution in [0.2, 0.25) is 0 Å².